The number of fused-ring (bicyclic) bond motifs is 1. The van der Waals surface area contributed by atoms with E-state index in [1.807, 2.05) is 10.9 Å². The van der Waals surface area contributed by atoms with Crippen molar-refractivity contribution in [2.24, 2.45) is 5.41 Å². The summed E-state index contributed by atoms with van der Waals surface area (Å²) in [6.07, 6.45) is 5.04. The first-order valence-electron chi connectivity index (χ1n) is 13.9. The minimum Gasteiger partial charge on any atom is -0.380 e. The summed E-state index contributed by atoms with van der Waals surface area (Å²) in [5.74, 6) is -4.33. The van der Waals surface area contributed by atoms with Gasteiger partial charge >= 0.3 is 0 Å². The fourth-order valence-electron chi connectivity index (χ4n) is 6.56. The van der Waals surface area contributed by atoms with Gasteiger partial charge in [-0.25, -0.2) is 8.78 Å². The third kappa shape index (κ3) is 4.78. The number of likely N-dealkylation sites (tertiary alicyclic amines) is 1. The van der Waals surface area contributed by atoms with E-state index in [-0.39, 0.29) is 35.9 Å². The van der Waals surface area contributed by atoms with Crippen molar-refractivity contribution in [3.63, 3.8) is 0 Å². The van der Waals surface area contributed by atoms with E-state index in [0.717, 1.165) is 10.5 Å². The van der Waals surface area contributed by atoms with E-state index < -0.39 is 35.1 Å². The summed E-state index contributed by atoms with van der Waals surface area (Å²) in [5, 5.41) is 10.4. The third-order valence-corrected chi connectivity index (χ3v) is 8.66. The van der Waals surface area contributed by atoms with E-state index in [1.54, 1.807) is 36.2 Å². The van der Waals surface area contributed by atoms with E-state index in [1.165, 1.54) is 0 Å². The topological polar surface area (TPSA) is 117 Å². The number of anilines is 1. The second-order valence-electron chi connectivity index (χ2n) is 11.8. The van der Waals surface area contributed by atoms with Crippen LogP contribution >= 0.6 is 0 Å². The van der Waals surface area contributed by atoms with Gasteiger partial charge in [0.15, 0.2) is 0 Å². The molecule has 1 saturated carbocycles. The van der Waals surface area contributed by atoms with Gasteiger partial charge in [-0.15, -0.1) is 0 Å². The van der Waals surface area contributed by atoms with Crippen molar-refractivity contribution < 1.29 is 28.0 Å². The van der Waals surface area contributed by atoms with Gasteiger partial charge in [0, 0.05) is 55.6 Å². The molecule has 0 spiro atoms. The van der Waals surface area contributed by atoms with Crippen molar-refractivity contribution in [2.75, 3.05) is 18.4 Å². The molecule has 2 aromatic rings. The lowest BCUT2D eigenvalue weighted by atomic mass is 9.66. The number of rotatable bonds is 6. The molecule has 0 radical (unpaired) electrons. The zero-order valence-corrected chi connectivity index (χ0v) is 22.8. The van der Waals surface area contributed by atoms with Crippen molar-refractivity contribution in [2.45, 2.75) is 70.0 Å². The average molecular weight is 567 g/mol. The average Bonchev–Trinajstić information content (AvgIpc) is 3.49. The standard InChI is InChI=1S/C29H32F2N6O4/c1-17-6-7-22(24(38)34-17)37-25(39)20-4-3-5-21(23(20)26(37)40)32-12-18-13-33-36(14-18)19-8-10-35(11-9-19)27(41)28(2)15-29(30,31)16-28/h3-5,13-14,19,22,32H,1,6-12,15-16H2,2H3,(H,34,38). The van der Waals surface area contributed by atoms with Crippen LogP contribution in [0.5, 0.6) is 0 Å². The van der Waals surface area contributed by atoms with E-state index in [0.29, 0.717) is 56.7 Å². The number of allylic oxidation sites excluding steroid dienone is 1. The van der Waals surface area contributed by atoms with Crippen LogP contribution in [0.2, 0.25) is 0 Å². The maximum atomic E-state index is 13.4. The normalized spacial score (nSPS) is 23.7. The number of hydrogen-bond acceptors (Lipinski definition) is 6. The molecular formula is C29H32F2N6O4. The Labute approximate surface area is 235 Å². The number of halogens is 2. The molecule has 4 amide bonds. The predicted octanol–water partition coefficient (Wildman–Crippen LogP) is 3.48. The number of nitrogens with zero attached hydrogens (tertiary/aromatic N) is 4. The van der Waals surface area contributed by atoms with Gasteiger partial charge in [-0.2, -0.15) is 5.10 Å². The summed E-state index contributed by atoms with van der Waals surface area (Å²) < 4.78 is 28.7. The number of imide groups is 1. The molecule has 1 aromatic carbocycles. The molecule has 0 bridgehead atoms. The van der Waals surface area contributed by atoms with Crippen LogP contribution in [0.3, 0.4) is 0 Å². The largest absolute Gasteiger partial charge is 0.380 e. The number of nitrogens with one attached hydrogen (secondary N) is 2. The van der Waals surface area contributed by atoms with E-state index in [9.17, 15) is 28.0 Å². The molecule has 2 saturated heterocycles. The van der Waals surface area contributed by atoms with Crippen molar-refractivity contribution in [1.82, 2.24) is 24.9 Å². The van der Waals surface area contributed by atoms with Crippen LogP contribution < -0.4 is 10.6 Å². The molecule has 1 aromatic heterocycles. The highest BCUT2D eigenvalue weighted by molar-refractivity contribution is 6.25. The molecule has 6 rings (SSSR count). The van der Waals surface area contributed by atoms with Crippen LogP contribution in [-0.4, -0.2) is 68.3 Å². The minimum absolute atomic E-state index is 0.0786. The van der Waals surface area contributed by atoms with Gasteiger partial charge < -0.3 is 15.5 Å². The van der Waals surface area contributed by atoms with Crippen LogP contribution in [0, 0.1) is 5.41 Å². The van der Waals surface area contributed by atoms with Crippen molar-refractivity contribution in [1.29, 1.82) is 0 Å². The summed E-state index contributed by atoms with van der Waals surface area (Å²) in [6, 6.07) is 4.22. The Balaban J connectivity index is 1.07. The summed E-state index contributed by atoms with van der Waals surface area (Å²) in [7, 11) is 0. The molecule has 10 nitrogen and oxygen atoms in total. The number of piperidine rings is 2. The Hall–Kier alpha value is -4.09. The Morgan fingerprint density at radius 1 is 1.15 bits per heavy atom. The van der Waals surface area contributed by atoms with Gasteiger partial charge in [0.05, 0.1) is 28.8 Å². The van der Waals surface area contributed by atoms with Crippen molar-refractivity contribution in [3.05, 3.63) is 59.6 Å². The van der Waals surface area contributed by atoms with Gasteiger partial charge in [-0.05, 0) is 37.8 Å². The van der Waals surface area contributed by atoms with Crippen molar-refractivity contribution in [3.8, 4) is 0 Å². The minimum atomic E-state index is -2.74. The summed E-state index contributed by atoms with van der Waals surface area (Å²) in [4.78, 5) is 54.5. The predicted molar refractivity (Wildman–Crippen MR) is 144 cm³/mol. The van der Waals surface area contributed by atoms with Gasteiger partial charge in [-0.3, -0.25) is 28.8 Å². The number of carbonyl (C=O) groups is 4. The molecule has 1 atom stereocenters. The number of aromatic nitrogens is 2. The van der Waals surface area contributed by atoms with E-state index >= 15 is 0 Å². The first kappa shape index (κ1) is 27.1. The summed E-state index contributed by atoms with van der Waals surface area (Å²) >= 11 is 0. The maximum absolute atomic E-state index is 13.4. The van der Waals surface area contributed by atoms with Crippen LogP contribution in [-0.2, 0) is 16.1 Å². The van der Waals surface area contributed by atoms with Gasteiger partial charge in [-0.1, -0.05) is 19.6 Å². The molecule has 12 heteroatoms. The van der Waals surface area contributed by atoms with Crippen LogP contribution in [0.15, 0.2) is 42.9 Å². The lowest BCUT2D eigenvalue weighted by molar-refractivity contribution is -0.184. The molecule has 1 aliphatic carbocycles. The van der Waals surface area contributed by atoms with Crippen LogP contribution in [0.4, 0.5) is 14.5 Å². The Morgan fingerprint density at radius 2 is 1.88 bits per heavy atom. The molecule has 1 unspecified atom stereocenters. The smallest absolute Gasteiger partial charge is 0.264 e. The van der Waals surface area contributed by atoms with Crippen LogP contribution in [0.1, 0.15) is 77.8 Å². The highest BCUT2D eigenvalue weighted by Crippen LogP contribution is 2.52. The maximum Gasteiger partial charge on any atom is 0.264 e. The quantitative estimate of drug-likeness (QED) is 0.518. The SMILES string of the molecule is C=C1CCC(N2C(=O)c3cccc(NCc4cnn(C5CCN(C(=O)C6(C)CC(F)(F)C6)CC5)c4)c3C2=O)C(=O)N1. The van der Waals surface area contributed by atoms with Gasteiger partial charge in [0.25, 0.3) is 11.8 Å². The highest BCUT2D eigenvalue weighted by Gasteiger charge is 2.58. The lowest BCUT2D eigenvalue weighted by Crippen LogP contribution is -2.55. The second-order valence-corrected chi connectivity index (χ2v) is 11.8. The van der Waals surface area contributed by atoms with Gasteiger partial charge in [0.1, 0.15) is 6.04 Å². The number of benzene rings is 1. The first-order chi connectivity index (χ1) is 19.5. The molecule has 4 aliphatic rings. The number of carbonyl (C=O) groups excluding carboxylic acids is 4. The molecule has 3 aliphatic heterocycles. The van der Waals surface area contributed by atoms with E-state index in [2.05, 4.69) is 22.3 Å². The fourth-order valence-corrected chi connectivity index (χ4v) is 6.56. The molecule has 216 valence electrons. The molecule has 3 fully saturated rings. The summed E-state index contributed by atoms with van der Waals surface area (Å²) in [5.41, 5.74) is 1.47. The lowest BCUT2D eigenvalue weighted by Gasteiger charge is -2.47. The number of alkyl halides is 2. The monoisotopic (exact) mass is 566 g/mol. The Kier molecular flexibility index (Phi) is 6.46. The van der Waals surface area contributed by atoms with Gasteiger partial charge in [0.2, 0.25) is 17.7 Å². The summed E-state index contributed by atoms with van der Waals surface area (Å²) in [6.45, 7) is 6.72. The molecule has 41 heavy (non-hydrogen) atoms. The molecule has 4 heterocycles. The molecular weight excluding hydrogens is 534 g/mol. The molecule has 2 N–H and O–H groups in total. The second kappa shape index (κ2) is 9.78. The highest BCUT2D eigenvalue weighted by atomic mass is 19.3. The fraction of sp³-hybridized carbons (Fsp3) is 0.483. The van der Waals surface area contributed by atoms with Crippen LogP contribution in [0.25, 0.3) is 0 Å². The first-order valence-corrected chi connectivity index (χ1v) is 13.9. The van der Waals surface area contributed by atoms with E-state index in [4.69, 9.17) is 0 Å². The Bertz CT molecular complexity index is 1450. The Morgan fingerprint density at radius 3 is 2.56 bits per heavy atom. The zero-order valence-electron chi connectivity index (χ0n) is 22.8. The number of hydrogen-bond donors (Lipinski definition) is 2. The van der Waals surface area contributed by atoms with Crippen molar-refractivity contribution >= 4 is 29.3 Å². The third-order valence-electron chi connectivity index (χ3n) is 8.66. The number of amides is 4. The zero-order chi connectivity index (χ0) is 29.1.